The summed E-state index contributed by atoms with van der Waals surface area (Å²) in [6.45, 7) is 6.93. The molecule has 3 rings (SSSR count). The summed E-state index contributed by atoms with van der Waals surface area (Å²) in [7, 11) is 0. The van der Waals surface area contributed by atoms with E-state index in [9.17, 15) is 4.79 Å². The van der Waals surface area contributed by atoms with E-state index in [2.05, 4.69) is 27.0 Å². The first kappa shape index (κ1) is 17.5. The lowest BCUT2D eigenvalue weighted by molar-refractivity contribution is -0.130. The second-order valence-electron chi connectivity index (χ2n) is 6.12. The molecule has 1 aliphatic rings. The van der Waals surface area contributed by atoms with Gasteiger partial charge in [0.25, 0.3) is 0 Å². The summed E-state index contributed by atoms with van der Waals surface area (Å²) in [4.78, 5) is 25.5. The van der Waals surface area contributed by atoms with Crippen LogP contribution in [0.2, 0.25) is 0 Å². The molecule has 25 heavy (non-hydrogen) atoms. The number of rotatable bonds is 4. The van der Waals surface area contributed by atoms with Crippen LogP contribution in [0.4, 0.5) is 11.5 Å². The number of piperazine rings is 1. The minimum absolute atomic E-state index is 0.126. The Bertz CT molecular complexity index is 711. The maximum atomic E-state index is 12.7. The zero-order valence-corrected chi connectivity index (χ0v) is 15.4. The molecule has 1 aromatic heterocycles. The Balaban J connectivity index is 1.56. The molecule has 7 heteroatoms. The number of aromatic nitrogens is 2. The van der Waals surface area contributed by atoms with Gasteiger partial charge in [0, 0.05) is 43.6 Å². The lowest BCUT2D eigenvalue weighted by atomic mass is 10.2. The van der Waals surface area contributed by atoms with Crippen molar-refractivity contribution < 1.29 is 4.79 Å². The highest BCUT2D eigenvalue weighted by Gasteiger charge is 2.26. The molecular weight excluding hydrogens is 334 g/mol. The fourth-order valence-corrected chi connectivity index (χ4v) is 3.83. The number of nitrogen functional groups attached to an aromatic ring is 1. The average molecular weight is 357 g/mol. The third-order valence-corrected chi connectivity index (χ3v) is 5.14. The fraction of sp³-hybridized carbons (Fsp3) is 0.389. The van der Waals surface area contributed by atoms with Gasteiger partial charge in [-0.25, -0.2) is 9.97 Å². The quantitative estimate of drug-likeness (QED) is 0.668. The summed E-state index contributed by atoms with van der Waals surface area (Å²) < 4.78 is 0. The summed E-state index contributed by atoms with van der Waals surface area (Å²) in [5.74, 6) is 0.563. The van der Waals surface area contributed by atoms with E-state index in [-0.39, 0.29) is 11.2 Å². The zero-order chi connectivity index (χ0) is 17.8. The highest BCUT2D eigenvalue weighted by Crippen LogP contribution is 2.23. The molecule has 1 amide bonds. The fourth-order valence-electron chi connectivity index (χ4n) is 2.91. The molecule has 0 radical (unpaired) electrons. The molecule has 1 saturated heterocycles. The van der Waals surface area contributed by atoms with Crippen LogP contribution in [0.25, 0.3) is 0 Å². The predicted molar refractivity (Wildman–Crippen MR) is 102 cm³/mol. The van der Waals surface area contributed by atoms with E-state index in [1.165, 1.54) is 17.4 Å². The van der Waals surface area contributed by atoms with Gasteiger partial charge >= 0.3 is 0 Å². The summed E-state index contributed by atoms with van der Waals surface area (Å²) >= 11 is 1.36. The van der Waals surface area contributed by atoms with Crippen LogP contribution in [0.15, 0.2) is 41.6 Å². The number of aryl methyl sites for hydroxylation is 1. The maximum absolute atomic E-state index is 12.7. The van der Waals surface area contributed by atoms with Crippen molar-refractivity contribution in [1.82, 2.24) is 14.9 Å². The van der Waals surface area contributed by atoms with Gasteiger partial charge in [-0.2, -0.15) is 0 Å². The number of anilines is 2. The van der Waals surface area contributed by atoms with Crippen molar-refractivity contribution in [3.05, 3.63) is 42.1 Å². The maximum Gasteiger partial charge on any atom is 0.236 e. The minimum Gasteiger partial charge on any atom is -0.384 e. The molecule has 0 spiro atoms. The number of hydrogen-bond donors (Lipinski definition) is 1. The number of nitrogens with two attached hydrogens (primary N) is 1. The molecule has 0 aliphatic carbocycles. The Morgan fingerprint density at radius 3 is 2.48 bits per heavy atom. The van der Waals surface area contributed by atoms with Gasteiger partial charge < -0.3 is 15.5 Å². The third-order valence-electron chi connectivity index (χ3n) is 4.20. The molecule has 2 N–H and O–H groups in total. The van der Waals surface area contributed by atoms with E-state index in [0.717, 1.165) is 31.9 Å². The highest BCUT2D eigenvalue weighted by molar-refractivity contribution is 8.00. The van der Waals surface area contributed by atoms with Crippen LogP contribution in [0.5, 0.6) is 0 Å². The molecule has 6 nitrogen and oxygen atoms in total. The van der Waals surface area contributed by atoms with Crippen LogP contribution < -0.4 is 10.6 Å². The van der Waals surface area contributed by atoms with E-state index < -0.39 is 0 Å². The van der Waals surface area contributed by atoms with Crippen LogP contribution in [0, 0.1) is 6.92 Å². The Labute approximate surface area is 152 Å². The van der Waals surface area contributed by atoms with E-state index in [1.54, 1.807) is 6.07 Å². The smallest absolute Gasteiger partial charge is 0.236 e. The molecule has 0 unspecified atom stereocenters. The van der Waals surface area contributed by atoms with Gasteiger partial charge in [-0.15, -0.1) is 0 Å². The monoisotopic (exact) mass is 357 g/mol. The third kappa shape index (κ3) is 4.42. The van der Waals surface area contributed by atoms with Gasteiger partial charge in [0.05, 0.1) is 5.25 Å². The van der Waals surface area contributed by atoms with Crippen LogP contribution in [0.3, 0.4) is 0 Å². The van der Waals surface area contributed by atoms with E-state index in [0.29, 0.717) is 11.0 Å². The number of hydrogen-bond acceptors (Lipinski definition) is 6. The number of benzene rings is 1. The standard InChI is InChI=1S/C18H23N5OS/c1-13-12-16(19)21-18(20-13)25-14(2)17(24)23-10-8-22(9-11-23)15-6-4-3-5-7-15/h3-7,12,14H,8-11H2,1-2H3,(H2,19,20,21)/t14-/m1/s1. The summed E-state index contributed by atoms with van der Waals surface area (Å²) in [6.07, 6.45) is 0. The summed E-state index contributed by atoms with van der Waals surface area (Å²) in [5, 5.41) is 0.325. The largest absolute Gasteiger partial charge is 0.384 e. The molecule has 1 aromatic carbocycles. The van der Waals surface area contributed by atoms with Crippen molar-refractivity contribution in [3.8, 4) is 0 Å². The molecule has 0 saturated carbocycles. The van der Waals surface area contributed by atoms with Crippen molar-refractivity contribution in [2.24, 2.45) is 0 Å². The molecule has 1 aliphatic heterocycles. The van der Waals surface area contributed by atoms with Crippen molar-refractivity contribution >= 4 is 29.2 Å². The molecule has 1 atom stereocenters. The van der Waals surface area contributed by atoms with Crippen LogP contribution in [0.1, 0.15) is 12.6 Å². The highest BCUT2D eigenvalue weighted by atomic mass is 32.2. The van der Waals surface area contributed by atoms with Crippen molar-refractivity contribution in [3.63, 3.8) is 0 Å². The Hall–Kier alpha value is -2.28. The van der Waals surface area contributed by atoms with Crippen LogP contribution >= 0.6 is 11.8 Å². The first-order valence-corrected chi connectivity index (χ1v) is 9.27. The van der Waals surface area contributed by atoms with Gasteiger partial charge in [0.2, 0.25) is 5.91 Å². The number of para-hydroxylation sites is 1. The molecule has 0 bridgehead atoms. The summed E-state index contributed by atoms with van der Waals surface area (Å²) in [5.41, 5.74) is 7.78. The molecular formula is C18H23N5OS. The number of amides is 1. The molecule has 132 valence electrons. The van der Waals surface area contributed by atoms with E-state index >= 15 is 0 Å². The number of carbonyl (C=O) groups is 1. The normalized spacial score (nSPS) is 15.9. The zero-order valence-electron chi connectivity index (χ0n) is 14.6. The first-order valence-electron chi connectivity index (χ1n) is 8.39. The number of carbonyl (C=O) groups excluding carboxylic acids is 1. The first-order chi connectivity index (χ1) is 12.0. The van der Waals surface area contributed by atoms with Crippen molar-refractivity contribution in [1.29, 1.82) is 0 Å². The van der Waals surface area contributed by atoms with E-state index in [1.807, 2.05) is 36.9 Å². The predicted octanol–water partition coefficient (Wildman–Crippen LogP) is 2.20. The van der Waals surface area contributed by atoms with Crippen LogP contribution in [-0.2, 0) is 4.79 Å². The molecule has 2 heterocycles. The molecule has 2 aromatic rings. The van der Waals surface area contributed by atoms with Gasteiger partial charge in [-0.3, -0.25) is 4.79 Å². The summed E-state index contributed by atoms with van der Waals surface area (Å²) in [6, 6.07) is 12.0. The number of thioether (sulfide) groups is 1. The Kier molecular flexibility index (Phi) is 5.43. The Morgan fingerprint density at radius 2 is 1.84 bits per heavy atom. The van der Waals surface area contributed by atoms with Crippen molar-refractivity contribution in [2.45, 2.75) is 24.3 Å². The van der Waals surface area contributed by atoms with E-state index in [4.69, 9.17) is 5.73 Å². The van der Waals surface area contributed by atoms with Crippen molar-refractivity contribution in [2.75, 3.05) is 36.8 Å². The SMILES string of the molecule is Cc1cc(N)nc(S[C@H](C)C(=O)N2CCN(c3ccccc3)CC2)n1. The second kappa shape index (κ2) is 7.74. The lowest BCUT2D eigenvalue weighted by Crippen LogP contribution is -2.50. The van der Waals surface area contributed by atoms with Gasteiger partial charge in [-0.05, 0) is 26.0 Å². The molecule has 1 fully saturated rings. The van der Waals surface area contributed by atoms with Gasteiger partial charge in [0.15, 0.2) is 5.16 Å². The lowest BCUT2D eigenvalue weighted by Gasteiger charge is -2.37. The second-order valence-corrected chi connectivity index (χ2v) is 7.43. The number of nitrogens with zero attached hydrogens (tertiary/aromatic N) is 4. The van der Waals surface area contributed by atoms with Gasteiger partial charge in [0.1, 0.15) is 5.82 Å². The van der Waals surface area contributed by atoms with Crippen LogP contribution in [-0.4, -0.2) is 52.2 Å². The van der Waals surface area contributed by atoms with Gasteiger partial charge in [-0.1, -0.05) is 30.0 Å². The Morgan fingerprint density at radius 1 is 1.16 bits per heavy atom. The minimum atomic E-state index is -0.232. The topological polar surface area (TPSA) is 75.3 Å². The average Bonchev–Trinajstić information content (AvgIpc) is 2.61.